The predicted octanol–water partition coefficient (Wildman–Crippen LogP) is 1.15. The van der Waals surface area contributed by atoms with Gasteiger partial charge >= 0.3 is 12.0 Å². The Morgan fingerprint density at radius 3 is 2.75 bits per heavy atom. The fourth-order valence-electron chi connectivity index (χ4n) is 1.96. The minimum absolute atomic E-state index is 0.119. The standard InChI is InChI=1S/C14H18N2O4/c1-14(2,12(17)18)16-13(19)15-8-10-7-9-5-3-4-6-11(9)20-10/h3-6,10H,7-8H2,1-2H3,(H,17,18)(H2,15,16,19). The summed E-state index contributed by atoms with van der Waals surface area (Å²) in [6.07, 6.45) is 0.616. The number of carbonyl (C=O) groups is 2. The van der Waals surface area contributed by atoms with Gasteiger partial charge in [0.1, 0.15) is 17.4 Å². The van der Waals surface area contributed by atoms with Crippen LogP contribution in [0.2, 0.25) is 0 Å². The lowest BCUT2D eigenvalue weighted by Gasteiger charge is -2.21. The largest absolute Gasteiger partial charge is 0.488 e. The monoisotopic (exact) mass is 278 g/mol. The van der Waals surface area contributed by atoms with Crippen molar-refractivity contribution >= 4 is 12.0 Å². The quantitative estimate of drug-likeness (QED) is 0.771. The van der Waals surface area contributed by atoms with E-state index in [2.05, 4.69) is 10.6 Å². The van der Waals surface area contributed by atoms with Crippen LogP contribution in [0.5, 0.6) is 5.75 Å². The smallest absolute Gasteiger partial charge is 0.328 e. The molecule has 20 heavy (non-hydrogen) atoms. The number of amides is 2. The second-order valence-corrected chi connectivity index (χ2v) is 5.32. The molecule has 0 aromatic heterocycles. The maximum absolute atomic E-state index is 11.7. The fourth-order valence-corrected chi connectivity index (χ4v) is 1.96. The maximum Gasteiger partial charge on any atom is 0.328 e. The second-order valence-electron chi connectivity index (χ2n) is 5.32. The summed E-state index contributed by atoms with van der Waals surface area (Å²) in [6.45, 7) is 3.18. The van der Waals surface area contributed by atoms with Crippen LogP contribution >= 0.6 is 0 Å². The lowest BCUT2D eigenvalue weighted by atomic mass is 10.1. The number of rotatable bonds is 4. The molecule has 0 saturated carbocycles. The first-order valence-electron chi connectivity index (χ1n) is 6.42. The van der Waals surface area contributed by atoms with Crippen molar-refractivity contribution in [1.29, 1.82) is 0 Å². The van der Waals surface area contributed by atoms with Gasteiger partial charge in [0.15, 0.2) is 0 Å². The molecule has 1 unspecified atom stereocenters. The molecule has 0 aliphatic carbocycles. The number of urea groups is 1. The van der Waals surface area contributed by atoms with Gasteiger partial charge in [0.2, 0.25) is 0 Å². The third-order valence-electron chi connectivity index (χ3n) is 3.16. The first-order chi connectivity index (χ1) is 9.38. The lowest BCUT2D eigenvalue weighted by molar-refractivity contribution is -0.142. The number of fused-ring (bicyclic) bond motifs is 1. The molecule has 1 aromatic carbocycles. The number of ether oxygens (including phenoxy) is 1. The van der Waals surface area contributed by atoms with Crippen molar-refractivity contribution in [3.05, 3.63) is 29.8 Å². The molecule has 0 radical (unpaired) electrons. The zero-order chi connectivity index (χ0) is 14.8. The highest BCUT2D eigenvalue weighted by molar-refractivity contribution is 5.85. The molecule has 6 heteroatoms. The van der Waals surface area contributed by atoms with E-state index in [1.807, 2.05) is 24.3 Å². The van der Waals surface area contributed by atoms with Crippen molar-refractivity contribution in [2.24, 2.45) is 0 Å². The predicted molar refractivity (Wildman–Crippen MR) is 72.8 cm³/mol. The van der Waals surface area contributed by atoms with Gasteiger partial charge in [0.05, 0.1) is 6.54 Å². The van der Waals surface area contributed by atoms with E-state index < -0.39 is 17.5 Å². The van der Waals surface area contributed by atoms with E-state index in [0.717, 1.165) is 17.7 Å². The number of para-hydroxylation sites is 1. The van der Waals surface area contributed by atoms with E-state index in [0.29, 0.717) is 6.54 Å². The summed E-state index contributed by atoms with van der Waals surface area (Å²) in [7, 11) is 0. The normalized spacial score (nSPS) is 17.0. The molecule has 1 atom stereocenters. The zero-order valence-electron chi connectivity index (χ0n) is 11.5. The molecule has 2 amide bonds. The maximum atomic E-state index is 11.7. The van der Waals surface area contributed by atoms with Gasteiger partial charge < -0.3 is 20.5 Å². The Morgan fingerprint density at radius 1 is 1.40 bits per heavy atom. The highest BCUT2D eigenvalue weighted by Gasteiger charge is 2.29. The van der Waals surface area contributed by atoms with Gasteiger partial charge in [-0.25, -0.2) is 9.59 Å². The number of aliphatic carboxylic acids is 1. The van der Waals surface area contributed by atoms with Gasteiger partial charge in [-0.15, -0.1) is 0 Å². The van der Waals surface area contributed by atoms with Gasteiger partial charge in [-0.2, -0.15) is 0 Å². The van der Waals surface area contributed by atoms with Gasteiger partial charge in [-0.1, -0.05) is 18.2 Å². The van der Waals surface area contributed by atoms with Crippen molar-refractivity contribution in [2.75, 3.05) is 6.54 Å². The number of hydrogen-bond acceptors (Lipinski definition) is 3. The van der Waals surface area contributed by atoms with Crippen LogP contribution in [0, 0.1) is 0 Å². The second kappa shape index (κ2) is 5.40. The molecule has 1 aromatic rings. The molecule has 0 bridgehead atoms. The third kappa shape index (κ3) is 3.20. The molecule has 6 nitrogen and oxygen atoms in total. The van der Waals surface area contributed by atoms with Gasteiger partial charge in [0.25, 0.3) is 0 Å². The number of carbonyl (C=O) groups excluding carboxylic acids is 1. The molecule has 2 rings (SSSR count). The summed E-state index contributed by atoms with van der Waals surface area (Å²) in [6, 6.07) is 7.21. The Balaban J connectivity index is 1.80. The van der Waals surface area contributed by atoms with Crippen molar-refractivity contribution < 1.29 is 19.4 Å². The Labute approximate surface area is 117 Å². The highest BCUT2D eigenvalue weighted by atomic mass is 16.5. The van der Waals surface area contributed by atoms with Crippen molar-refractivity contribution in [2.45, 2.75) is 31.9 Å². The summed E-state index contributed by atoms with van der Waals surface area (Å²) >= 11 is 0. The molecule has 0 saturated heterocycles. The van der Waals surface area contributed by atoms with Crippen LogP contribution in [0.15, 0.2) is 24.3 Å². The average molecular weight is 278 g/mol. The molecule has 1 aliphatic rings. The summed E-state index contributed by atoms with van der Waals surface area (Å²) in [5.74, 6) is -0.247. The third-order valence-corrected chi connectivity index (χ3v) is 3.16. The van der Waals surface area contributed by atoms with Gasteiger partial charge in [-0.05, 0) is 25.5 Å². The topological polar surface area (TPSA) is 87.7 Å². The number of nitrogens with one attached hydrogen (secondary N) is 2. The van der Waals surface area contributed by atoms with Crippen LogP contribution < -0.4 is 15.4 Å². The van der Waals surface area contributed by atoms with Crippen LogP contribution in [0.1, 0.15) is 19.4 Å². The fraction of sp³-hybridized carbons (Fsp3) is 0.429. The number of benzene rings is 1. The van der Waals surface area contributed by atoms with Crippen molar-refractivity contribution in [3.8, 4) is 5.75 Å². The average Bonchev–Trinajstić information content (AvgIpc) is 2.78. The summed E-state index contributed by atoms with van der Waals surface area (Å²) in [5.41, 5.74) is -0.186. The molecule has 0 spiro atoms. The first-order valence-corrected chi connectivity index (χ1v) is 6.42. The zero-order valence-corrected chi connectivity index (χ0v) is 11.5. The van der Waals surface area contributed by atoms with E-state index in [1.165, 1.54) is 13.8 Å². The molecule has 3 N–H and O–H groups in total. The summed E-state index contributed by atoms with van der Waals surface area (Å²) < 4.78 is 5.68. The molecule has 1 aliphatic heterocycles. The Morgan fingerprint density at radius 2 is 2.10 bits per heavy atom. The Hall–Kier alpha value is -2.24. The number of hydrogen-bond donors (Lipinski definition) is 3. The van der Waals surface area contributed by atoms with Crippen LogP contribution in [0.3, 0.4) is 0 Å². The van der Waals surface area contributed by atoms with E-state index in [-0.39, 0.29) is 6.10 Å². The first kappa shape index (κ1) is 14.2. The molecular formula is C14H18N2O4. The highest BCUT2D eigenvalue weighted by Crippen LogP contribution is 2.27. The van der Waals surface area contributed by atoms with Crippen LogP contribution in [0.4, 0.5) is 4.79 Å². The van der Waals surface area contributed by atoms with Crippen molar-refractivity contribution in [3.63, 3.8) is 0 Å². The van der Waals surface area contributed by atoms with Crippen LogP contribution in [-0.4, -0.2) is 35.3 Å². The summed E-state index contributed by atoms with van der Waals surface area (Å²) in [5, 5.41) is 13.9. The van der Waals surface area contributed by atoms with Gasteiger partial charge in [-0.3, -0.25) is 0 Å². The Kier molecular flexibility index (Phi) is 3.83. The number of carboxylic acid groups (broad SMARTS) is 1. The van der Waals surface area contributed by atoms with E-state index in [1.54, 1.807) is 0 Å². The van der Waals surface area contributed by atoms with E-state index in [9.17, 15) is 9.59 Å². The Bertz CT molecular complexity index is 503. The molecule has 0 fully saturated rings. The van der Waals surface area contributed by atoms with E-state index in [4.69, 9.17) is 9.84 Å². The minimum atomic E-state index is -1.30. The molecule has 108 valence electrons. The SMILES string of the molecule is CC(C)(NC(=O)NCC1Cc2ccccc2O1)C(=O)O. The molecular weight excluding hydrogens is 260 g/mol. The van der Waals surface area contributed by atoms with Crippen LogP contribution in [0.25, 0.3) is 0 Å². The summed E-state index contributed by atoms with van der Waals surface area (Å²) in [4.78, 5) is 22.6. The number of carboxylic acids is 1. The lowest BCUT2D eigenvalue weighted by Crippen LogP contribution is -2.54. The van der Waals surface area contributed by atoms with Crippen LogP contribution in [-0.2, 0) is 11.2 Å². The van der Waals surface area contributed by atoms with Gasteiger partial charge in [0, 0.05) is 6.42 Å². The van der Waals surface area contributed by atoms with Crippen molar-refractivity contribution in [1.82, 2.24) is 10.6 Å². The molecule has 1 heterocycles. The minimum Gasteiger partial charge on any atom is -0.488 e. The van der Waals surface area contributed by atoms with E-state index >= 15 is 0 Å².